The van der Waals surface area contributed by atoms with E-state index in [-0.39, 0.29) is 25.0 Å². The number of carbonyl (C=O) groups is 2. The van der Waals surface area contributed by atoms with Crippen molar-refractivity contribution in [3.63, 3.8) is 0 Å². The van der Waals surface area contributed by atoms with E-state index in [1.165, 1.54) is 0 Å². The van der Waals surface area contributed by atoms with Crippen LogP contribution < -0.4 is 20.5 Å². The Labute approximate surface area is 143 Å². The predicted octanol–water partition coefficient (Wildman–Crippen LogP) is 1.35. The van der Waals surface area contributed by atoms with E-state index in [9.17, 15) is 9.59 Å². The first-order valence-electron chi connectivity index (χ1n) is 7.28. The number of fused-ring (bicyclic) bond motifs is 1. The number of hydrogen-bond acceptors (Lipinski definition) is 5. The topological polar surface area (TPSA) is 93.9 Å². The molecule has 1 heterocycles. The van der Waals surface area contributed by atoms with Gasteiger partial charge in [-0.1, -0.05) is 0 Å². The summed E-state index contributed by atoms with van der Waals surface area (Å²) in [6.07, 6.45) is 0. The van der Waals surface area contributed by atoms with Crippen LogP contribution in [0.4, 0.5) is 5.69 Å². The molecule has 1 aromatic rings. The predicted molar refractivity (Wildman–Crippen MR) is 89.7 cm³/mol. The molecule has 3 N–H and O–H groups in total. The van der Waals surface area contributed by atoms with Crippen molar-refractivity contribution in [2.45, 2.75) is 19.9 Å². The standard InChI is InChI=1S/C15H20BrN3O4/c1-9(2)19(7-14(17)20)8-15(21)18-11-6-13-12(5-10(11)16)22-3-4-23-13/h5-6,9H,3-4,7-8H2,1-2H3,(H2,17,20)(H,18,21). The molecule has 8 heteroatoms. The Morgan fingerprint density at radius 1 is 1.26 bits per heavy atom. The van der Waals surface area contributed by atoms with Crippen molar-refractivity contribution in [1.29, 1.82) is 0 Å². The molecule has 7 nitrogen and oxygen atoms in total. The fourth-order valence-corrected chi connectivity index (χ4v) is 2.58. The molecule has 23 heavy (non-hydrogen) atoms. The van der Waals surface area contributed by atoms with Gasteiger partial charge >= 0.3 is 0 Å². The first-order chi connectivity index (χ1) is 10.9. The number of ether oxygens (including phenoxy) is 2. The average molecular weight is 386 g/mol. The smallest absolute Gasteiger partial charge is 0.238 e. The van der Waals surface area contributed by atoms with Gasteiger partial charge in [0.05, 0.1) is 18.8 Å². The summed E-state index contributed by atoms with van der Waals surface area (Å²) in [6.45, 7) is 4.88. The van der Waals surface area contributed by atoms with Crippen LogP contribution in [0.15, 0.2) is 16.6 Å². The summed E-state index contributed by atoms with van der Waals surface area (Å²) in [5.74, 6) is 0.524. The number of anilines is 1. The van der Waals surface area contributed by atoms with Gasteiger partial charge in [0, 0.05) is 22.6 Å². The van der Waals surface area contributed by atoms with Crippen molar-refractivity contribution in [3.05, 3.63) is 16.6 Å². The number of amides is 2. The van der Waals surface area contributed by atoms with E-state index < -0.39 is 5.91 Å². The molecule has 2 amide bonds. The third kappa shape index (κ3) is 4.84. The summed E-state index contributed by atoms with van der Waals surface area (Å²) >= 11 is 3.40. The van der Waals surface area contributed by atoms with E-state index in [1.807, 2.05) is 13.8 Å². The lowest BCUT2D eigenvalue weighted by atomic mass is 10.2. The maximum absolute atomic E-state index is 12.2. The van der Waals surface area contributed by atoms with E-state index in [0.29, 0.717) is 34.9 Å². The highest BCUT2D eigenvalue weighted by Gasteiger charge is 2.19. The molecule has 0 radical (unpaired) electrons. The summed E-state index contributed by atoms with van der Waals surface area (Å²) in [6, 6.07) is 3.50. The average Bonchev–Trinajstić information content (AvgIpc) is 2.46. The number of nitrogens with zero attached hydrogens (tertiary/aromatic N) is 1. The zero-order valence-corrected chi connectivity index (χ0v) is 14.7. The lowest BCUT2D eigenvalue weighted by Gasteiger charge is -2.24. The molecule has 1 aromatic carbocycles. The SMILES string of the molecule is CC(C)N(CC(N)=O)CC(=O)Nc1cc2c(cc1Br)OCCO2. The van der Waals surface area contributed by atoms with Gasteiger partial charge in [-0.25, -0.2) is 0 Å². The van der Waals surface area contributed by atoms with Gasteiger partial charge in [0.1, 0.15) is 13.2 Å². The highest BCUT2D eigenvalue weighted by Crippen LogP contribution is 2.38. The first kappa shape index (κ1) is 17.6. The lowest BCUT2D eigenvalue weighted by molar-refractivity contribution is -0.121. The van der Waals surface area contributed by atoms with Gasteiger partial charge in [-0.05, 0) is 29.8 Å². The molecule has 126 valence electrons. The highest BCUT2D eigenvalue weighted by atomic mass is 79.9. The zero-order chi connectivity index (χ0) is 17.0. The number of nitrogens with one attached hydrogen (secondary N) is 1. The van der Waals surface area contributed by atoms with Crippen LogP contribution in [0.1, 0.15) is 13.8 Å². The Morgan fingerprint density at radius 2 is 1.87 bits per heavy atom. The number of hydrogen-bond donors (Lipinski definition) is 2. The van der Waals surface area contributed by atoms with E-state index >= 15 is 0 Å². The van der Waals surface area contributed by atoms with Crippen molar-refractivity contribution in [3.8, 4) is 11.5 Å². The van der Waals surface area contributed by atoms with Gasteiger partial charge in [-0.2, -0.15) is 0 Å². The Balaban J connectivity index is 2.06. The van der Waals surface area contributed by atoms with Gasteiger partial charge in [0.15, 0.2) is 11.5 Å². The van der Waals surface area contributed by atoms with Gasteiger partial charge in [-0.15, -0.1) is 0 Å². The van der Waals surface area contributed by atoms with Crippen molar-refractivity contribution in [2.75, 3.05) is 31.6 Å². The first-order valence-corrected chi connectivity index (χ1v) is 8.07. The molecule has 0 fully saturated rings. The Kier molecular flexibility index (Phi) is 5.84. The second-order valence-electron chi connectivity index (χ2n) is 5.49. The largest absolute Gasteiger partial charge is 0.486 e. The third-order valence-electron chi connectivity index (χ3n) is 3.34. The quantitative estimate of drug-likeness (QED) is 0.770. The van der Waals surface area contributed by atoms with E-state index in [4.69, 9.17) is 15.2 Å². The maximum Gasteiger partial charge on any atom is 0.238 e. The number of nitrogens with two attached hydrogens (primary N) is 1. The summed E-state index contributed by atoms with van der Waals surface area (Å²) in [5.41, 5.74) is 5.79. The molecule has 0 bridgehead atoms. The van der Waals surface area contributed by atoms with E-state index in [1.54, 1.807) is 17.0 Å². The zero-order valence-electron chi connectivity index (χ0n) is 13.1. The Bertz CT molecular complexity index is 607. The molecule has 0 spiro atoms. The van der Waals surface area contributed by atoms with Crippen LogP contribution in [0, 0.1) is 0 Å². The number of primary amides is 1. The number of benzene rings is 1. The number of rotatable bonds is 6. The Morgan fingerprint density at radius 3 is 2.43 bits per heavy atom. The van der Waals surface area contributed by atoms with E-state index in [0.717, 1.165) is 0 Å². The van der Waals surface area contributed by atoms with E-state index in [2.05, 4.69) is 21.2 Å². The molecule has 0 aromatic heterocycles. The van der Waals surface area contributed by atoms with Gasteiger partial charge in [-0.3, -0.25) is 14.5 Å². The van der Waals surface area contributed by atoms with Crippen LogP contribution in [-0.2, 0) is 9.59 Å². The molecule has 0 saturated heterocycles. The van der Waals surface area contributed by atoms with Crippen molar-refractivity contribution in [2.24, 2.45) is 5.73 Å². The molecule has 1 aliphatic heterocycles. The molecule has 2 rings (SSSR count). The minimum atomic E-state index is -0.466. The van der Waals surface area contributed by atoms with Crippen LogP contribution >= 0.6 is 15.9 Å². The molecular weight excluding hydrogens is 366 g/mol. The van der Waals surface area contributed by atoms with Crippen LogP contribution in [0.3, 0.4) is 0 Å². The molecular formula is C15H20BrN3O4. The third-order valence-corrected chi connectivity index (χ3v) is 4.00. The summed E-state index contributed by atoms with van der Waals surface area (Å²) in [7, 11) is 0. The minimum absolute atomic E-state index is 0.0250. The molecule has 0 unspecified atom stereocenters. The highest BCUT2D eigenvalue weighted by molar-refractivity contribution is 9.10. The fraction of sp³-hybridized carbons (Fsp3) is 0.467. The number of carbonyl (C=O) groups excluding carboxylic acids is 2. The summed E-state index contributed by atoms with van der Waals surface area (Å²) < 4.78 is 11.7. The van der Waals surface area contributed by atoms with Gasteiger partial charge in [0.2, 0.25) is 11.8 Å². The summed E-state index contributed by atoms with van der Waals surface area (Å²) in [5, 5.41) is 2.80. The van der Waals surface area contributed by atoms with Crippen molar-refractivity contribution < 1.29 is 19.1 Å². The second kappa shape index (κ2) is 7.65. The Hall–Kier alpha value is -1.80. The molecule has 1 aliphatic rings. The molecule has 0 saturated carbocycles. The fourth-order valence-electron chi connectivity index (χ4n) is 2.16. The number of halogens is 1. The molecule has 0 atom stereocenters. The lowest BCUT2D eigenvalue weighted by Crippen LogP contribution is -2.43. The van der Waals surface area contributed by atoms with Crippen molar-refractivity contribution >= 4 is 33.4 Å². The maximum atomic E-state index is 12.2. The monoisotopic (exact) mass is 385 g/mol. The van der Waals surface area contributed by atoms with Crippen LogP contribution in [0.25, 0.3) is 0 Å². The minimum Gasteiger partial charge on any atom is -0.486 e. The van der Waals surface area contributed by atoms with Gasteiger partial charge in [0.25, 0.3) is 0 Å². The second-order valence-corrected chi connectivity index (χ2v) is 6.34. The van der Waals surface area contributed by atoms with Gasteiger partial charge < -0.3 is 20.5 Å². The van der Waals surface area contributed by atoms with Crippen LogP contribution in [-0.4, -0.2) is 49.1 Å². The molecule has 0 aliphatic carbocycles. The van der Waals surface area contributed by atoms with Crippen molar-refractivity contribution in [1.82, 2.24) is 4.90 Å². The summed E-state index contributed by atoms with van der Waals surface area (Å²) in [4.78, 5) is 25.0. The normalized spacial score (nSPS) is 13.3. The van der Waals surface area contributed by atoms with Crippen LogP contribution in [0.2, 0.25) is 0 Å². The van der Waals surface area contributed by atoms with Crippen LogP contribution in [0.5, 0.6) is 11.5 Å².